The maximum Gasteiger partial charge on any atom is 0.146 e. The SMILES string of the molecule is CN1CC=CC=C1c1cccnc1-n1ccc2cc3c(cc21)-c1ccccc1C(C)(C)C1=C3CCC=C1. The molecule has 0 radical (unpaired) electrons. The van der Waals surface area contributed by atoms with Crippen LogP contribution in [0.3, 0.4) is 0 Å². The molecule has 3 heteroatoms. The van der Waals surface area contributed by atoms with E-state index in [1.54, 1.807) is 0 Å². The topological polar surface area (TPSA) is 21.1 Å². The Morgan fingerprint density at radius 1 is 0.892 bits per heavy atom. The quantitative estimate of drug-likeness (QED) is 0.290. The fourth-order valence-electron chi connectivity index (χ4n) is 6.46. The molecule has 2 aromatic carbocycles. The standard InChI is InChI=1S/C34H31N3/c1-34(2)29-14-6-4-11-24(29)27-21-23-17-20-37(32(23)22-28(27)25-12-5-7-15-30(25)34)33-26(13-10-18-35-33)31-16-8-9-19-36(31)3/h5-10,12-18,20-22H,4,11,19H2,1-3H3. The zero-order valence-corrected chi connectivity index (χ0v) is 21.7. The van der Waals surface area contributed by atoms with Crippen LogP contribution in [0.1, 0.15) is 43.4 Å². The average molecular weight is 482 g/mol. The van der Waals surface area contributed by atoms with Gasteiger partial charge in [-0.25, -0.2) is 4.98 Å². The van der Waals surface area contributed by atoms with Gasteiger partial charge in [-0.1, -0.05) is 62.4 Å². The number of allylic oxidation sites excluding steroid dienone is 6. The molecule has 0 fully saturated rings. The first-order valence-electron chi connectivity index (χ1n) is 13.2. The molecule has 2 aliphatic carbocycles. The van der Waals surface area contributed by atoms with E-state index in [0.29, 0.717) is 0 Å². The molecule has 7 rings (SSSR count). The average Bonchev–Trinajstić information content (AvgIpc) is 3.32. The van der Waals surface area contributed by atoms with Gasteiger partial charge in [0.1, 0.15) is 5.82 Å². The lowest BCUT2D eigenvalue weighted by Crippen LogP contribution is -2.21. The monoisotopic (exact) mass is 481 g/mol. The summed E-state index contributed by atoms with van der Waals surface area (Å²) in [5.41, 5.74) is 11.9. The number of hydrogen-bond acceptors (Lipinski definition) is 2. The molecule has 0 saturated heterocycles. The zero-order valence-electron chi connectivity index (χ0n) is 21.7. The maximum absolute atomic E-state index is 4.90. The molecular weight excluding hydrogens is 450 g/mol. The number of nitrogens with zero attached hydrogens (tertiary/aromatic N) is 3. The van der Waals surface area contributed by atoms with Crippen molar-refractivity contribution in [2.45, 2.75) is 32.1 Å². The van der Waals surface area contributed by atoms with Gasteiger partial charge in [-0.2, -0.15) is 0 Å². The maximum atomic E-state index is 4.90. The van der Waals surface area contributed by atoms with Gasteiger partial charge in [0.25, 0.3) is 0 Å². The van der Waals surface area contributed by atoms with Crippen molar-refractivity contribution in [2.24, 2.45) is 0 Å². The summed E-state index contributed by atoms with van der Waals surface area (Å²) in [5, 5.41) is 1.25. The second-order valence-electron chi connectivity index (χ2n) is 10.9. The summed E-state index contributed by atoms with van der Waals surface area (Å²) in [6.45, 7) is 5.66. The summed E-state index contributed by atoms with van der Waals surface area (Å²) < 4.78 is 2.27. The highest BCUT2D eigenvalue weighted by Gasteiger charge is 2.34. The highest BCUT2D eigenvalue weighted by atomic mass is 15.1. The molecule has 3 aliphatic rings. The van der Waals surface area contributed by atoms with E-state index < -0.39 is 0 Å². The largest absolute Gasteiger partial charge is 0.370 e. The summed E-state index contributed by atoms with van der Waals surface area (Å²) in [4.78, 5) is 7.18. The van der Waals surface area contributed by atoms with Crippen LogP contribution in [0.25, 0.3) is 39.1 Å². The van der Waals surface area contributed by atoms with E-state index in [1.165, 1.54) is 50.0 Å². The molecule has 3 nitrogen and oxygen atoms in total. The Bertz CT molecular complexity index is 1690. The highest BCUT2D eigenvalue weighted by Crippen LogP contribution is 2.50. The lowest BCUT2D eigenvalue weighted by molar-refractivity contribution is 0.530. The van der Waals surface area contributed by atoms with E-state index >= 15 is 0 Å². The molecule has 0 N–H and O–H groups in total. The summed E-state index contributed by atoms with van der Waals surface area (Å²) in [5.74, 6) is 0.966. The van der Waals surface area contributed by atoms with Crippen molar-refractivity contribution in [2.75, 3.05) is 13.6 Å². The van der Waals surface area contributed by atoms with Crippen LogP contribution in [0.2, 0.25) is 0 Å². The van der Waals surface area contributed by atoms with E-state index in [4.69, 9.17) is 4.98 Å². The fourth-order valence-corrected chi connectivity index (χ4v) is 6.46. The number of pyridine rings is 1. The number of aromatic nitrogens is 2. The minimum Gasteiger partial charge on any atom is -0.370 e. The minimum atomic E-state index is -0.0540. The third-order valence-corrected chi connectivity index (χ3v) is 8.36. The first-order valence-corrected chi connectivity index (χ1v) is 13.2. The van der Waals surface area contributed by atoms with Crippen LogP contribution in [-0.2, 0) is 5.41 Å². The van der Waals surface area contributed by atoms with Crippen molar-refractivity contribution < 1.29 is 0 Å². The van der Waals surface area contributed by atoms with E-state index in [0.717, 1.165) is 30.8 Å². The van der Waals surface area contributed by atoms with Gasteiger partial charge in [0.2, 0.25) is 0 Å². The smallest absolute Gasteiger partial charge is 0.146 e. The van der Waals surface area contributed by atoms with E-state index in [-0.39, 0.29) is 5.41 Å². The second-order valence-corrected chi connectivity index (χ2v) is 10.9. The van der Waals surface area contributed by atoms with Crippen LogP contribution >= 0.6 is 0 Å². The van der Waals surface area contributed by atoms with E-state index in [2.05, 4.69) is 115 Å². The zero-order chi connectivity index (χ0) is 25.1. The summed E-state index contributed by atoms with van der Waals surface area (Å²) in [6, 6.07) is 20.3. The molecule has 0 unspecified atom stereocenters. The first kappa shape index (κ1) is 22.1. The van der Waals surface area contributed by atoms with Crippen LogP contribution < -0.4 is 0 Å². The van der Waals surface area contributed by atoms with Crippen LogP contribution in [-0.4, -0.2) is 28.0 Å². The molecule has 4 aromatic rings. The third kappa shape index (κ3) is 3.30. The van der Waals surface area contributed by atoms with Gasteiger partial charge in [0, 0.05) is 48.0 Å². The number of fused-ring (bicyclic) bond motifs is 5. The van der Waals surface area contributed by atoms with Gasteiger partial charge in [0.05, 0.1) is 5.52 Å². The van der Waals surface area contributed by atoms with Crippen molar-refractivity contribution in [3.8, 4) is 16.9 Å². The molecule has 37 heavy (non-hydrogen) atoms. The van der Waals surface area contributed by atoms with Crippen LogP contribution in [0.15, 0.2) is 103 Å². The first-order chi connectivity index (χ1) is 18.0. The van der Waals surface area contributed by atoms with Gasteiger partial charge in [-0.05, 0) is 82.6 Å². The number of benzene rings is 2. The molecule has 2 aromatic heterocycles. The van der Waals surface area contributed by atoms with E-state index in [9.17, 15) is 0 Å². The van der Waals surface area contributed by atoms with Gasteiger partial charge in [-0.15, -0.1) is 0 Å². The summed E-state index contributed by atoms with van der Waals surface area (Å²) in [7, 11) is 2.14. The molecular formula is C34H31N3. The molecule has 0 bridgehead atoms. The van der Waals surface area contributed by atoms with Gasteiger partial charge in [-0.3, -0.25) is 0 Å². The number of likely N-dealkylation sites (N-methyl/N-ethyl adjacent to an activating group) is 1. The molecule has 1 aliphatic heterocycles. The van der Waals surface area contributed by atoms with Crippen molar-refractivity contribution in [3.05, 3.63) is 120 Å². The van der Waals surface area contributed by atoms with Crippen molar-refractivity contribution in [3.63, 3.8) is 0 Å². The second kappa shape index (κ2) is 8.21. The molecule has 0 amide bonds. The Morgan fingerprint density at radius 3 is 2.65 bits per heavy atom. The lowest BCUT2D eigenvalue weighted by atomic mass is 9.73. The summed E-state index contributed by atoms with van der Waals surface area (Å²) in [6.07, 6.45) is 17.5. The lowest BCUT2D eigenvalue weighted by Gasteiger charge is -2.30. The van der Waals surface area contributed by atoms with Gasteiger partial charge >= 0.3 is 0 Å². The van der Waals surface area contributed by atoms with Crippen molar-refractivity contribution >= 4 is 22.2 Å². The van der Waals surface area contributed by atoms with Crippen LogP contribution in [0.4, 0.5) is 0 Å². The predicted molar refractivity (Wildman–Crippen MR) is 155 cm³/mol. The molecule has 0 saturated carbocycles. The van der Waals surface area contributed by atoms with E-state index in [1.807, 2.05) is 12.3 Å². The normalized spacial score (nSPS) is 17.8. The number of hydrogen-bond donors (Lipinski definition) is 0. The molecule has 182 valence electrons. The van der Waals surface area contributed by atoms with Crippen LogP contribution in [0.5, 0.6) is 0 Å². The fraction of sp³-hybridized carbons (Fsp3) is 0.206. The summed E-state index contributed by atoms with van der Waals surface area (Å²) >= 11 is 0. The Hall–Kier alpha value is -4.11. The Balaban J connectivity index is 1.51. The Morgan fingerprint density at radius 2 is 1.76 bits per heavy atom. The third-order valence-electron chi connectivity index (χ3n) is 8.36. The van der Waals surface area contributed by atoms with Crippen LogP contribution in [0, 0.1) is 0 Å². The molecule has 3 heterocycles. The van der Waals surface area contributed by atoms with Crippen molar-refractivity contribution in [1.29, 1.82) is 0 Å². The van der Waals surface area contributed by atoms with Gasteiger partial charge in [0.15, 0.2) is 0 Å². The highest BCUT2D eigenvalue weighted by molar-refractivity contribution is 5.98. The molecule has 0 atom stereocenters. The molecule has 0 spiro atoms. The van der Waals surface area contributed by atoms with Gasteiger partial charge < -0.3 is 9.47 Å². The van der Waals surface area contributed by atoms with Crippen molar-refractivity contribution in [1.82, 2.24) is 14.5 Å². The predicted octanol–water partition coefficient (Wildman–Crippen LogP) is 7.93. The Labute approximate surface area is 218 Å². The Kier molecular flexibility index (Phi) is 4.91. The number of rotatable bonds is 2. The minimum absolute atomic E-state index is 0.0540.